The van der Waals surface area contributed by atoms with Crippen LogP contribution in [0.3, 0.4) is 0 Å². The molecular weight excluding hydrogens is 592 g/mol. The van der Waals surface area contributed by atoms with Crippen LogP contribution in [0.15, 0.2) is 24.3 Å². The molecule has 282 valence electrons. The fourth-order valence-corrected chi connectivity index (χ4v) is 6.51. The second kappa shape index (κ2) is 39.9. The zero-order valence-electron chi connectivity index (χ0n) is 32.3. The summed E-state index contributed by atoms with van der Waals surface area (Å²) >= 11 is 0. The number of ether oxygens (including phenoxy) is 1. The molecule has 0 aliphatic heterocycles. The second-order valence-electron chi connectivity index (χ2n) is 14.5. The molecule has 0 heterocycles. The van der Waals surface area contributed by atoms with E-state index in [1.165, 1.54) is 167 Å². The third-order valence-electron chi connectivity index (χ3n) is 9.68. The first-order chi connectivity index (χ1) is 23.6. The molecule has 1 unspecified atom stereocenters. The van der Waals surface area contributed by atoms with Gasteiger partial charge in [0.05, 0.1) is 0 Å². The second-order valence-corrected chi connectivity index (χ2v) is 14.5. The van der Waals surface area contributed by atoms with Crippen LogP contribution in [0.2, 0.25) is 0 Å². The maximum Gasteiger partial charge on any atom is 0.306 e. The lowest BCUT2D eigenvalue weighted by molar-refractivity contribution is -0.150. The summed E-state index contributed by atoms with van der Waals surface area (Å²) in [6.07, 6.45) is 50.8. The first-order valence-corrected chi connectivity index (χ1v) is 21.3. The van der Waals surface area contributed by atoms with E-state index in [0.29, 0.717) is 12.8 Å². The Morgan fingerprint density at radius 2 is 0.812 bits per heavy atom. The van der Waals surface area contributed by atoms with Crippen LogP contribution in [0, 0.1) is 0 Å². The van der Waals surface area contributed by atoms with Crippen LogP contribution in [0.25, 0.3) is 0 Å². The van der Waals surface area contributed by atoms with Crippen LogP contribution in [-0.2, 0) is 14.3 Å². The van der Waals surface area contributed by atoms with E-state index in [1.54, 1.807) is 0 Å². The highest BCUT2D eigenvalue weighted by Gasteiger charge is 2.14. The Bertz CT molecular complexity index is 727. The van der Waals surface area contributed by atoms with Crippen molar-refractivity contribution in [2.75, 3.05) is 0 Å². The molecule has 1 N–H and O–H groups in total. The molecular formula is C44H82O4. The summed E-state index contributed by atoms with van der Waals surface area (Å²) in [7, 11) is 0. The van der Waals surface area contributed by atoms with Gasteiger partial charge in [-0.15, -0.1) is 0 Å². The Balaban J connectivity index is 3.91. The molecule has 0 aliphatic carbocycles. The molecule has 0 aromatic heterocycles. The van der Waals surface area contributed by atoms with E-state index in [1.807, 2.05) is 0 Å². The zero-order valence-corrected chi connectivity index (χ0v) is 32.3. The fraction of sp³-hybridized carbons (Fsp3) is 0.864. The first-order valence-electron chi connectivity index (χ1n) is 21.3. The lowest BCUT2D eigenvalue weighted by Crippen LogP contribution is -2.18. The summed E-state index contributed by atoms with van der Waals surface area (Å²) in [6, 6.07) is 0. The van der Waals surface area contributed by atoms with Gasteiger partial charge >= 0.3 is 11.9 Å². The summed E-state index contributed by atoms with van der Waals surface area (Å²) in [4.78, 5) is 23.3. The largest absolute Gasteiger partial charge is 0.481 e. The molecule has 0 radical (unpaired) electrons. The predicted molar refractivity (Wildman–Crippen MR) is 209 cm³/mol. The predicted octanol–water partition coefficient (Wildman–Crippen LogP) is 14.8. The highest BCUT2D eigenvalue weighted by Crippen LogP contribution is 2.19. The van der Waals surface area contributed by atoms with Gasteiger partial charge in [-0.3, -0.25) is 9.59 Å². The van der Waals surface area contributed by atoms with Gasteiger partial charge in [0.15, 0.2) is 0 Å². The van der Waals surface area contributed by atoms with Crippen molar-refractivity contribution >= 4 is 11.9 Å². The van der Waals surface area contributed by atoms with Gasteiger partial charge in [0.25, 0.3) is 0 Å². The topological polar surface area (TPSA) is 63.6 Å². The standard InChI is InChI=1S/C44H82O4/c1-3-5-7-9-11-12-13-14-15-16-17-18-23-26-29-33-37-41-44(47)48-42(38-34-30-10-8-6-4-2)39-35-31-27-24-21-19-20-22-25-28-32-36-40-43(45)46/h11-12,14-15,42H,3-10,13,16-41H2,1-2H3,(H,45,46)/b12-11-,15-14-. The van der Waals surface area contributed by atoms with Gasteiger partial charge in [-0.25, -0.2) is 0 Å². The van der Waals surface area contributed by atoms with Gasteiger partial charge in [0, 0.05) is 12.8 Å². The van der Waals surface area contributed by atoms with E-state index >= 15 is 0 Å². The number of carbonyl (C=O) groups excluding carboxylic acids is 1. The number of aliphatic carboxylic acids is 1. The molecule has 0 aromatic carbocycles. The minimum Gasteiger partial charge on any atom is -0.481 e. The number of hydrogen-bond donors (Lipinski definition) is 1. The average Bonchev–Trinajstić information content (AvgIpc) is 3.07. The third kappa shape index (κ3) is 38.9. The molecule has 48 heavy (non-hydrogen) atoms. The van der Waals surface area contributed by atoms with Gasteiger partial charge in [0.1, 0.15) is 6.10 Å². The number of esters is 1. The molecule has 0 bridgehead atoms. The number of carbonyl (C=O) groups is 2. The van der Waals surface area contributed by atoms with Crippen LogP contribution in [0.5, 0.6) is 0 Å². The average molecular weight is 675 g/mol. The monoisotopic (exact) mass is 675 g/mol. The molecule has 1 atom stereocenters. The maximum atomic E-state index is 12.7. The number of carboxylic acids is 1. The van der Waals surface area contributed by atoms with Crippen molar-refractivity contribution in [2.45, 2.75) is 245 Å². The Morgan fingerprint density at radius 1 is 0.458 bits per heavy atom. The summed E-state index contributed by atoms with van der Waals surface area (Å²) in [6.45, 7) is 4.52. The van der Waals surface area contributed by atoms with Crippen molar-refractivity contribution in [1.82, 2.24) is 0 Å². The van der Waals surface area contributed by atoms with E-state index in [-0.39, 0.29) is 12.1 Å². The van der Waals surface area contributed by atoms with Gasteiger partial charge in [0.2, 0.25) is 0 Å². The van der Waals surface area contributed by atoms with Crippen LogP contribution >= 0.6 is 0 Å². The van der Waals surface area contributed by atoms with Crippen molar-refractivity contribution < 1.29 is 19.4 Å². The summed E-state index contributed by atoms with van der Waals surface area (Å²) < 4.78 is 6.05. The SMILES string of the molecule is CCCCC/C=C\C/C=C\CCCCCCCCCC(=O)OC(CCCCCCCC)CCCCCCCCCCCCCCC(=O)O. The number of rotatable bonds is 39. The Hall–Kier alpha value is -1.58. The lowest BCUT2D eigenvalue weighted by Gasteiger charge is -2.18. The molecule has 0 spiro atoms. The Morgan fingerprint density at radius 3 is 1.27 bits per heavy atom. The van der Waals surface area contributed by atoms with Crippen LogP contribution < -0.4 is 0 Å². The summed E-state index contributed by atoms with van der Waals surface area (Å²) in [5.41, 5.74) is 0. The van der Waals surface area contributed by atoms with Crippen molar-refractivity contribution in [2.24, 2.45) is 0 Å². The Labute approximate surface area is 299 Å². The zero-order chi connectivity index (χ0) is 35.0. The van der Waals surface area contributed by atoms with Crippen LogP contribution in [-0.4, -0.2) is 23.1 Å². The van der Waals surface area contributed by atoms with Crippen molar-refractivity contribution in [3.05, 3.63) is 24.3 Å². The summed E-state index contributed by atoms with van der Waals surface area (Å²) in [5.74, 6) is -0.631. The third-order valence-corrected chi connectivity index (χ3v) is 9.68. The number of carboxylic acid groups (broad SMARTS) is 1. The van der Waals surface area contributed by atoms with Gasteiger partial charge < -0.3 is 9.84 Å². The van der Waals surface area contributed by atoms with Crippen LogP contribution in [0.4, 0.5) is 0 Å². The minimum absolute atomic E-state index is 0.0375. The Kier molecular flexibility index (Phi) is 38.5. The van der Waals surface area contributed by atoms with Gasteiger partial charge in [-0.1, -0.05) is 179 Å². The number of unbranched alkanes of at least 4 members (excludes halogenated alkanes) is 26. The molecule has 0 aromatic rings. The van der Waals surface area contributed by atoms with E-state index in [2.05, 4.69) is 38.2 Å². The molecule has 4 nitrogen and oxygen atoms in total. The molecule has 0 saturated heterocycles. The molecule has 0 fully saturated rings. The van der Waals surface area contributed by atoms with E-state index in [9.17, 15) is 9.59 Å². The quantitative estimate of drug-likeness (QED) is 0.0400. The minimum atomic E-state index is -0.669. The van der Waals surface area contributed by atoms with E-state index < -0.39 is 5.97 Å². The van der Waals surface area contributed by atoms with Gasteiger partial charge in [-0.05, 0) is 70.6 Å². The molecule has 0 amide bonds. The molecule has 0 aliphatic rings. The maximum absolute atomic E-state index is 12.7. The first kappa shape index (κ1) is 46.4. The highest BCUT2D eigenvalue weighted by atomic mass is 16.5. The highest BCUT2D eigenvalue weighted by molar-refractivity contribution is 5.69. The van der Waals surface area contributed by atoms with E-state index in [0.717, 1.165) is 44.9 Å². The summed E-state index contributed by atoms with van der Waals surface area (Å²) in [5, 5.41) is 8.70. The normalized spacial score (nSPS) is 12.4. The molecule has 4 heteroatoms. The molecule has 0 rings (SSSR count). The lowest BCUT2D eigenvalue weighted by atomic mass is 10.0. The number of allylic oxidation sites excluding steroid dienone is 4. The van der Waals surface area contributed by atoms with Crippen molar-refractivity contribution in [3.8, 4) is 0 Å². The fourth-order valence-electron chi connectivity index (χ4n) is 6.51. The smallest absolute Gasteiger partial charge is 0.306 e. The van der Waals surface area contributed by atoms with Gasteiger partial charge in [-0.2, -0.15) is 0 Å². The van der Waals surface area contributed by atoms with Crippen molar-refractivity contribution in [3.63, 3.8) is 0 Å². The number of hydrogen-bond acceptors (Lipinski definition) is 3. The van der Waals surface area contributed by atoms with Crippen molar-refractivity contribution in [1.29, 1.82) is 0 Å². The van der Waals surface area contributed by atoms with E-state index in [4.69, 9.17) is 9.84 Å². The van der Waals surface area contributed by atoms with Crippen LogP contribution in [0.1, 0.15) is 239 Å². The molecule has 0 saturated carbocycles.